The number of amides is 1. The standard InChI is InChI=1S/C11H18N4O/c1-15-8-10(7-14-15)6-13-11(16)4-9-2-3-12-5-9/h7-9,12H,2-6H2,1H3,(H,13,16). The van der Waals surface area contributed by atoms with E-state index in [2.05, 4.69) is 15.7 Å². The average molecular weight is 222 g/mol. The predicted molar refractivity (Wildman–Crippen MR) is 60.6 cm³/mol. The number of hydrogen-bond acceptors (Lipinski definition) is 3. The second kappa shape index (κ2) is 5.12. The molecule has 5 nitrogen and oxygen atoms in total. The van der Waals surface area contributed by atoms with Crippen LogP contribution >= 0.6 is 0 Å². The highest BCUT2D eigenvalue weighted by Crippen LogP contribution is 2.11. The van der Waals surface area contributed by atoms with Gasteiger partial charge in [-0.1, -0.05) is 0 Å². The molecule has 0 saturated carbocycles. The summed E-state index contributed by atoms with van der Waals surface area (Å²) in [5, 5.41) is 10.2. The molecular weight excluding hydrogens is 204 g/mol. The third-order valence-electron chi connectivity index (χ3n) is 2.88. The van der Waals surface area contributed by atoms with Crippen LogP contribution in [0, 0.1) is 5.92 Å². The van der Waals surface area contributed by atoms with Crippen molar-refractivity contribution in [3.63, 3.8) is 0 Å². The number of carbonyl (C=O) groups excluding carboxylic acids is 1. The second-order valence-electron chi connectivity index (χ2n) is 4.36. The molecule has 1 saturated heterocycles. The lowest BCUT2D eigenvalue weighted by Gasteiger charge is -2.08. The topological polar surface area (TPSA) is 59.0 Å². The van der Waals surface area contributed by atoms with E-state index in [1.54, 1.807) is 10.9 Å². The zero-order valence-corrected chi connectivity index (χ0v) is 9.57. The number of rotatable bonds is 4. The lowest BCUT2D eigenvalue weighted by Crippen LogP contribution is -2.25. The fraction of sp³-hybridized carbons (Fsp3) is 0.636. The van der Waals surface area contributed by atoms with Crippen LogP contribution in [0.15, 0.2) is 12.4 Å². The van der Waals surface area contributed by atoms with E-state index in [4.69, 9.17) is 0 Å². The monoisotopic (exact) mass is 222 g/mol. The van der Waals surface area contributed by atoms with Crippen LogP contribution < -0.4 is 10.6 Å². The molecule has 1 unspecified atom stereocenters. The van der Waals surface area contributed by atoms with Crippen molar-refractivity contribution >= 4 is 5.91 Å². The van der Waals surface area contributed by atoms with E-state index in [-0.39, 0.29) is 5.91 Å². The van der Waals surface area contributed by atoms with Crippen LogP contribution in [-0.2, 0) is 18.4 Å². The van der Waals surface area contributed by atoms with Crippen molar-refractivity contribution < 1.29 is 4.79 Å². The maximum Gasteiger partial charge on any atom is 0.220 e. The number of aromatic nitrogens is 2. The predicted octanol–water partition coefficient (Wildman–Crippen LogP) is 0.0359. The van der Waals surface area contributed by atoms with E-state index >= 15 is 0 Å². The van der Waals surface area contributed by atoms with Crippen molar-refractivity contribution in [2.45, 2.75) is 19.4 Å². The largest absolute Gasteiger partial charge is 0.352 e. The van der Waals surface area contributed by atoms with Gasteiger partial charge in [0.05, 0.1) is 6.20 Å². The quantitative estimate of drug-likeness (QED) is 0.756. The van der Waals surface area contributed by atoms with Gasteiger partial charge in [0.1, 0.15) is 0 Å². The third-order valence-corrected chi connectivity index (χ3v) is 2.88. The SMILES string of the molecule is Cn1cc(CNC(=O)CC2CCNC2)cn1. The van der Waals surface area contributed by atoms with E-state index in [1.807, 2.05) is 13.2 Å². The van der Waals surface area contributed by atoms with Gasteiger partial charge >= 0.3 is 0 Å². The van der Waals surface area contributed by atoms with Crippen molar-refractivity contribution in [2.24, 2.45) is 13.0 Å². The Morgan fingerprint density at radius 1 is 1.75 bits per heavy atom. The molecule has 1 atom stereocenters. The molecule has 1 amide bonds. The lowest BCUT2D eigenvalue weighted by atomic mass is 10.0. The Hall–Kier alpha value is -1.36. The third kappa shape index (κ3) is 3.06. The van der Waals surface area contributed by atoms with Crippen molar-refractivity contribution in [1.29, 1.82) is 0 Å². The maximum absolute atomic E-state index is 11.6. The zero-order chi connectivity index (χ0) is 11.4. The first-order chi connectivity index (χ1) is 7.74. The molecule has 1 aliphatic rings. The molecule has 0 bridgehead atoms. The molecule has 0 aliphatic carbocycles. The van der Waals surface area contributed by atoms with Crippen LogP contribution in [0.1, 0.15) is 18.4 Å². The molecule has 1 fully saturated rings. The van der Waals surface area contributed by atoms with Crippen molar-refractivity contribution in [3.05, 3.63) is 18.0 Å². The Morgan fingerprint density at radius 3 is 3.25 bits per heavy atom. The van der Waals surface area contributed by atoms with Gasteiger partial charge in [0, 0.05) is 31.8 Å². The van der Waals surface area contributed by atoms with Gasteiger partial charge in [-0.3, -0.25) is 9.48 Å². The summed E-state index contributed by atoms with van der Waals surface area (Å²) >= 11 is 0. The summed E-state index contributed by atoms with van der Waals surface area (Å²) in [5.41, 5.74) is 1.04. The summed E-state index contributed by atoms with van der Waals surface area (Å²) in [6.07, 6.45) is 5.43. The molecule has 2 heterocycles. The van der Waals surface area contributed by atoms with E-state index in [0.717, 1.165) is 25.1 Å². The van der Waals surface area contributed by atoms with E-state index < -0.39 is 0 Å². The zero-order valence-electron chi connectivity index (χ0n) is 9.57. The summed E-state index contributed by atoms with van der Waals surface area (Å²) < 4.78 is 1.74. The number of carbonyl (C=O) groups is 1. The number of hydrogen-bond donors (Lipinski definition) is 2. The summed E-state index contributed by atoms with van der Waals surface area (Å²) in [6.45, 7) is 2.59. The van der Waals surface area contributed by atoms with Gasteiger partial charge in [0.2, 0.25) is 5.91 Å². The molecule has 0 spiro atoms. The molecule has 2 rings (SSSR count). The molecule has 16 heavy (non-hydrogen) atoms. The lowest BCUT2D eigenvalue weighted by molar-refractivity contribution is -0.122. The number of aryl methyl sites for hydroxylation is 1. The first-order valence-corrected chi connectivity index (χ1v) is 5.69. The van der Waals surface area contributed by atoms with Gasteiger partial charge in [-0.2, -0.15) is 5.10 Å². The van der Waals surface area contributed by atoms with Crippen LogP contribution in [0.4, 0.5) is 0 Å². The Balaban J connectivity index is 1.71. The smallest absolute Gasteiger partial charge is 0.220 e. The molecule has 0 aromatic carbocycles. The molecule has 5 heteroatoms. The summed E-state index contributed by atoms with van der Waals surface area (Å²) in [5.74, 6) is 0.645. The van der Waals surface area contributed by atoms with Gasteiger partial charge < -0.3 is 10.6 Å². The van der Waals surface area contributed by atoms with Gasteiger partial charge in [-0.05, 0) is 25.4 Å². The molecule has 1 aromatic heterocycles. The van der Waals surface area contributed by atoms with Crippen LogP contribution in [0.2, 0.25) is 0 Å². The summed E-state index contributed by atoms with van der Waals surface area (Å²) in [7, 11) is 1.87. The van der Waals surface area contributed by atoms with Gasteiger partial charge in [-0.15, -0.1) is 0 Å². The minimum Gasteiger partial charge on any atom is -0.352 e. The highest BCUT2D eigenvalue weighted by molar-refractivity contribution is 5.76. The van der Waals surface area contributed by atoms with Crippen LogP contribution in [0.25, 0.3) is 0 Å². The van der Waals surface area contributed by atoms with Crippen LogP contribution in [0.5, 0.6) is 0 Å². The fourth-order valence-electron chi connectivity index (χ4n) is 1.99. The summed E-state index contributed by atoms with van der Waals surface area (Å²) in [4.78, 5) is 11.6. The normalized spacial score (nSPS) is 19.9. The van der Waals surface area contributed by atoms with Crippen LogP contribution in [-0.4, -0.2) is 28.8 Å². The van der Waals surface area contributed by atoms with Gasteiger partial charge in [-0.25, -0.2) is 0 Å². The molecule has 1 aromatic rings. The molecular formula is C11H18N4O. The van der Waals surface area contributed by atoms with E-state index in [9.17, 15) is 4.79 Å². The minimum absolute atomic E-state index is 0.137. The fourth-order valence-corrected chi connectivity index (χ4v) is 1.99. The van der Waals surface area contributed by atoms with Gasteiger partial charge in [0.15, 0.2) is 0 Å². The summed E-state index contributed by atoms with van der Waals surface area (Å²) in [6, 6.07) is 0. The van der Waals surface area contributed by atoms with Gasteiger partial charge in [0.25, 0.3) is 0 Å². The average Bonchev–Trinajstić information content (AvgIpc) is 2.87. The molecule has 2 N–H and O–H groups in total. The minimum atomic E-state index is 0.137. The Kier molecular flexibility index (Phi) is 3.56. The Labute approximate surface area is 95.2 Å². The number of nitrogens with zero attached hydrogens (tertiary/aromatic N) is 2. The maximum atomic E-state index is 11.6. The first-order valence-electron chi connectivity index (χ1n) is 5.69. The van der Waals surface area contributed by atoms with E-state index in [0.29, 0.717) is 18.9 Å². The highest BCUT2D eigenvalue weighted by atomic mass is 16.1. The van der Waals surface area contributed by atoms with Crippen molar-refractivity contribution in [1.82, 2.24) is 20.4 Å². The van der Waals surface area contributed by atoms with Crippen molar-refractivity contribution in [2.75, 3.05) is 13.1 Å². The number of nitrogens with one attached hydrogen (secondary N) is 2. The van der Waals surface area contributed by atoms with E-state index in [1.165, 1.54) is 0 Å². The Morgan fingerprint density at radius 2 is 2.62 bits per heavy atom. The van der Waals surface area contributed by atoms with Crippen LogP contribution in [0.3, 0.4) is 0 Å². The Bertz CT molecular complexity index is 355. The highest BCUT2D eigenvalue weighted by Gasteiger charge is 2.17. The van der Waals surface area contributed by atoms with Crippen molar-refractivity contribution in [3.8, 4) is 0 Å². The molecule has 1 aliphatic heterocycles. The molecule has 0 radical (unpaired) electrons. The molecule has 88 valence electrons. The second-order valence-corrected chi connectivity index (χ2v) is 4.36. The first kappa shape index (κ1) is 11.1.